The number of aliphatic carboxylic acids is 1. The van der Waals surface area contributed by atoms with Crippen molar-refractivity contribution in [3.63, 3.8) is 0 Å². The summed E-state index contributed by atoms with van der Waals surface area (Å²) in [5, 5.41) is 19.6. The Morgan fingerprint density at radius 3 is 2.59 bits per heavy atom. The van der Waals surface area contributed by atoms with Gasteiger partial charge in [0.25, 0.3) is 0 Å². The topological polar surface area (TPSA) is 79.7 Å². The van der Waals surface area contributed by atoms with Crippen molar-refractivity contribution in [3.8, 4) is 22.1 Å². The average Bonchev–Trinajstić information content (AvgIpc) is 3.00. The fraction of sp³-hybridized carbons (Fsp3) is 0.143. The molecular formula is C21H19NO4S. The number of hydrogen-bond acceptors (Lipinski definition) is 5. The minimum Gasteiger partial charge on any atom is -0.507 e. The van der Waals surface area contributed by atoms with Crippen LogP contribution in [0.3, 0.4) is 0 Å². The van der Waals surface area contributed by atoms with Gasteiger partial charge in [-0.1, -0.05) is 29.8 Å². The zero-order valence-electron chi connectivity index (χ0n) is 15.0. The van der Waals surface area contributed by atoms with E-state index in [2.05, 4.69) is 29.2 Å². The first kappa shape index (κ1) is 18.7. The molecule has 5 nitrogen and oxygen atoms in total. The molecule has 0 radical (unpaired) electrons. The van der Waals surface area contributed by atoms with Gasteiger partial charge in [-0.25, -0.2) is 9.78 Å². The highest BCUT2D eigenvalue weighted by Crippen LogP contribution is 2.30. The Labute approximate surface area is 161 Å². The number of hydrogen-bond donors (Lipinski definition) is 2. The van der Waals surface area contributed by atoms with Gasteiger partial charge in [-0.3, -0.25) is 0 Å². The van der Waals surface area contributed by atoms with Gasteiger partial charge in [0.2, 0.25) is 0 Å². The molecule has 1 heterocycles. The molecule has 0 fully saturated rings. The Balaban J connectivity index is 1.71. The van der Waals surface area contributed by atoms with E-state index >= 15 is 0 Å². The molecule has 0 amide bonds. The number of carboxylic acid groups (broad SMARTS) is 1. The second kappa shape index (κ2) is 8.05. The predicted molar refractivity (Wildman–Crippen MR) is 106 cm³/mol. The van der Waals surface area contributed by atoms with Crippen molar-refractivity contribution >= 4 is 23.4 Å². The van der Waals surface area contributed by atoms with E-state index in [-0.39, 0.29) is 5.75 Å². The largest absolute Gasteiger partial charge is 0.507 e. The molecule has 3 rings (SSSR count). The minimum atomic E-state index is -1.07. The van der Waals surface area contributed by atoms with Gasteiger partial charge >= 0.3 is 5.97 Å². The number of phenolic OH excluding ortho intramolecular Hbond substituents is 1. The minimum absolute atomic E-state index is 0.0358. The summed E-state index contributed by atoms with van der Waals surface area (Å²) in [4.78, 5) is 16.2. The van der Waals surface area contributed by atoms with Crippen LogP contribution in [0.1, 0.15) is 21.7 Å². The highest BCUT2D eigenvalue weighted by atomic mass is 32.1. The fourth-order valence-electron chi connectivity index (χ4n) is 2.45. The zero-order chi connectivity index (χ0) is 19.4. The second-order valence-electron chi connectivity index (χ2n) is 6.07. The third kappa shape index (κ3) is 4.74. The van der Waals surface area contributed by atoms with E-state index in [0.717, 1.165) is 27.2 Å². The van der Waals surface area contributed by atoms with Crippen LogP contribution in [-0.4, -0.2) is 21.2 Å². The van der Waals surface area contributed by atoms with E-state index in [1.54, 1.807) is 23.5 Å². The van der Waals surface area contributed by atoms with Crippen molar-refractivity contribution < 1.29 is 19.7 Å². The first-order chi connectivity index (χ1) is 12.9. The molecule has 0 saturated heterocycles. The lowest BCUT2D eigenvalue weighted by Gasteiger charge is -2.07. The lowest BCUT2D eigenvalue weighted by Crippen LogP contribution is -1.95. The molecule has 0 saturated carbocycles. The fourth-order valence-corrected chi connectivity index (χ4v) is 3.43. The predicted octanol–water partition coefficient (Wildman–Crippen LogP) is 4.81. The highest BCUT2D eigenvalue weighted by Gasteiger charge is 2.11. The van der Waals surface area contributed by atoms with E-state index in [1.807, 2.05) is 13.8 Å². The number of aryl methyl sites for hydroxylation is 2. The van der Waals surface area contributed by atoms with Gasteiger partial charge in [0.05, 0.1) is 10.6 Å². The molecule has 0 bridgehead atoms. The summed E-state index contributed by atoms with van der Waals surface area (Å²) in [6.45, 7) is 4.34. The summed E-state index contributed by atoms with van der Waals surface area (Å²) in [5.74, 6) is -0.601. The van der Waals surface area contributed by atoms with Crippen LogP contribution in [0, 0.1) is 13.8 Å². The molecule has 2 N–H and O–H groups in total. The molecule has 0 aliphatic heterocycles. The third-order valence-corrected chi connectivity index (χ3v) is 5.15. The van der Waals surface area contributed by atoms with Crippen LogP contribution in [0.25, 0.3) is 16.6 Å². The van der Waals surface area contributed by atoms with Crippen LogP contribution in [0.2, 0.25) is 0 Å². The van der Waals surface area contributed by atoms with Gasteiger partial charge in [-0.15, -0.1) is 11.3 Å². The average molecular weight is 381 g/mol. The van der Waals surface area contributed by atoms with Gasteiger partial charge in [0.1, 0.15) is 23.1 Å². The number of aromatic hydroxyl groups is 1. The van der Waals surface area contributed by atoms with Crippen LogP contribution >= 0.6 is 11.3 Å². The number of phenols is 1. The number of thiazole rings is 1. The Morgan fingerprint density at radius 2 is 1.93 bits per heavy atom. The Kier molecular flexibility index (Phi) is 5.57. The molecule has 0 atom stereocenters. The van der Waals surface area contributed by atoms with E-state index in [9.17, 15) is 9.90 Å². The molecule has 138 valence electrons. The quantitative estimate of drug-likeness (QED) is 0.599. The van der Waals surface area contributed by atoms with Crippen molar-refractivity contribution in [2.45, 2.75) is 20.5 Å². The van der Waals surface area contributed by atoms with E-state index < -0.39 is 5.97 Å². The van der Waals surface area contributed by atoms with Gasteiger partial charge in [0, 0.05) is 23.3 Å². The summed E-state index contributed by atoms with van der Waals surface area (Å²) in [7, 11) is 0. The first-order valence-corrected chi connectivity index (χ1v) is 9.14. The van der Waals surface area contributed by atoms with Crippen molar-refractivity contribution in [2.75, 3.05) is 0 Å². The van der Waals surface area contributed by atoms with Crippen LogP contribution in [0.15, 0.2) is 48.5 Å². The summed E-state index contributed by atoms with van der Waals surface area (Å²) < 4.78 is 5.77. The molecule has 0 aliphatic carbocycles. The summed E-state index contributed by atoms with van der Waals surface area (Å²) in [6, 6.07) is 13.0. The van der Waals surface area contributed by atoms with Gasteiger partial charge in [0.15, 0.2) is 0 Å². The molecule has 0 aliphatic rings. The zero-order valence-corrected chi connectivity index (χ0v) is 15.8. The number of carboxylic acids is 1. The summed E-state index contributed by atoms with van der Waals surface area (Å²) in [5.41, 5.74) is 3.62. The number of nitrogens with zero attached hydrogens (tertiary/aromatic N) is 1. The molecule has 27 heavy (non-hydrogen) atoms. The van der Waals surface area contributed by atoms with Crippen molar-refractivity contribution in [2.24, 2.45) is 0 Å². The lowest BCUT2D eigenvalue weighted by atomic mass is 10.2. The Bertz CT molecular complexity index is 990. The Hall–Kier alpha value is -3.12. The second-order valence-corrected chi connectivity index (χ2v) is 7.16. The molecular weight excluding hydrogens is 362 g/mol. The summed E-state index contributed by atoms with van der Waals surface area (Å²) in [6.07, 6.45) is 2.31. The smallest absolute Gasteiger partial charge is 0.328 e. The maximum atomic E-state index is 10.6. The normalized spacial score (nSPS) is 11.0. The summed E-state index contributed by atoms with van der Waals surface area (Å²) >= 11 is 1.58. The molecule has 3 aromatic rings. The molecule has 0 spiro atoms. The van der Waals surface area contributed by atoms with Crippen LogP contribution in [-0.2, 0) is 11.4 Å². The van der Waals surface area contributed by atoms with Crippen LogP contribution in [0.5, 0.6) is 11.5 Å². The van der Waals surface area contributed by atoms with Crippen molar-refractivity contribution in [1.29, 1.82) is 0 Å². The van der Waals surface area contributed by atoms with Crippen molar-refractivity contribution in [1.82, 2.24) is 4.98 Å². The van der Waals surface area contributed by atoms with E-state index in [4.69, 9.17) is 9.84 Å². The van der Waals surface area contributed by atoms with Gasteiger partial charge in [-0.2, -0.15) is 0 Å². The van der Waals surface area contributed by atoms with Gasteiger partial charge in [-0.05, 0) is 32.1 Å². The van der Waals surface area contributed by atoms with Crippen LogP contribution < -0.4 is 4.74 Å². The SMILES string of the molecule is Cc1ccc(-c2nc(C)c(COc3ccc(C=CC(=O)O)c(O)c3)s2)cc1. The molecule has 6 heteroatoms. The lowest BCUT2D eigenvalue weighted by molar-refractivity contribution is -0.131. The molecule has 0 unspecified atom stereocenters. The van der Waals surface area contributed by atoms with E-state index in [1.165, 1.54) is 17.7 Å². The molecule has 1 aromatic heterocycles. The number of aromatic nitrogens is 1. The number of benzene rings is 2. The number of carbonyl (C=O) groups is 1. The monoisotopic (exact) mass is 381 g/mol. The van der Waals surface area contributed by atoms with Crippen molar-refractivity contribution in [3.05, 3.63) is 70.2 Å². The maximum absolute atomic E-state index is 10.6. The van der Waals surface area contributed by atoms with E-state index in [0.29, 0.717) is 17.9 Å². The maximum Gasteiger partial charge on any atom is 0.328 e. The standard InChI is InChI=1S/C21H19NO4S/c1-13-3-5-16(6-4-13)21-22-14(2)19(27-21)12-26-17-9-7-15(18(23)11-17)8-10-20(24)25/h3-11,23H,12H2,1-2H3,(H,24,25). The molecule has 2 aromatic carbocycles. The first-order valence-electron chi connectivity index (χ1n) is 8.32. The van der Waals surface area contributed by atoms with Gasteiger partial charge < -0.3 is 14.9 Å². The number of rotatable bonds is 6. The van der Waals surface area contributed by atoms with Crippen LogP contribution in [0.4, 0.5) is 0 Å². The third-order valence-electron chi connectivity index (χ3n) is 3.97. The number of ether oxygens (including phenoxy) is 1. The Morgan fingerprint density at radius 1 is 1.19 bits per heavy atom. The highest BCUT2D eigenvalue weighted by molar-refractivity contribution is 7.15.